The molecular formula is C20H21ClF2N2O3. The van der Waals surface area contributed by atoms with Gasteiger partial charge in [0.15, 0.2) is 6.61 Å². The predicted molar refractivity (Wildman–Crippen MR) is 102 cm³/mol. The highest BCUT2D eigenvalue weighted by Crippen LogP contribution is 2.22. The Balaban J connectivity index is 1.48. The Bertz CT molecular complexity index is 842. The van der Waals surface area contributed by atoms with Gasteiger partial charge in [-0.15, -0.1) is 0 Å². The van der Waals surface area contributed by atoms with Crippen LogP contribution in [0, 0.1) is 11.6 Å². The molecule has 1 fully saturated rings. The van der Waals surface area contributed by atoms with E-state index in [1.807, 2.05) is 0 Å². The number of hydrogen-bond donors (Lipinski definition) is 0. The Hall–Kier alpha value is -2.38. The molecule has 28 heavy (non-hydrogen) atoms. The van der Waals surface area contributed by atoms with E-state index in [2.05, 4.69) is 4.90 Å². The molecule has 0 N–H and O–H groups in total. The second kappa shape index (κ2) is 9.21. The van der Waals surface area contributed by atoms with Gasteiger partial charge in [0.1, 0.15) is 23.1 Å². The van der Waals surface area contributed by atoms with Crippen molar-refractivity contribution >= 4 is 17.5 Å². The fourth-order valence-corrected chi connectivity index (χ4v) is 3.24. The first-order valence-electron chi connectivity index (χ1n) is 8.86. The molecule has 0 radical (unpaired) electrons. The van der Waals surface area contributed by atoms with Gasteiger partial charge >= 0.3 is 0 Å². The Morgan fingerprint density at radius 2 is 1.86 bits per heavy atom. The SMILES string of the molecule is COc1ccc(F)cc1CN1CCN(C(=O)COc2ccc(F)c(Cl)c2)CC1. The maximum atomic E-state index is 13.5. The number of rotatable bonds is 6. The van der Waals surface area contributed by atoms with E-state index in [0.717, 1.165) is 5.56 Å². The molecule has 5 nitrogen and oxygen atoms in total. The molecule has 0 bridgehead atoms. The molecule has 2 aromatic rings. The molecule has 0 aromatic heterocycles. The normalized spacial score (nSPS) is 14.8. The van der Waals surface area contributed by atoms with Crippen molar-refractivity contribution < 1.29 is 23.0 Å². The average molecular weight is 411 g/mol. The summed E-state index contributed by atoms with van der Waals surface area (Å²) >= 11 is 5.70. The van der Waals surface area contributed by atoms with Gasteiger partial charge in [0, 0.05) is 44.4 Å². The average Bonchev–Trinajstić information content (AvgIpc) is 2.69. The van der Waals surface area contributed by atoms with E-state index < -0.39 is 5.82 Å². The Morgan fingerprint density at radius 1 is 1.11 bits per heavy atom. The van der Waals surface area contributed by atoms with Gasteiger partial charge in [-0.05, 0) is 30.3 Å². The lowest BCUT2D eigenvalue weighted by molar-refractivity contribution is -0.135. The van der Waals surface area contributed by atoms with Gasteiger partial charge in [-0.25, -0.2) is 8.78 Å². The monoisotopic (exact) mass is 410 g/mol. The van der Waals surface area contributed by atoms with Crippen molar-refractivity contribution in [2.45, 2.75) is 6.54 Å². The quantitative estimate of drug-likeness (QED) is 0.732. The molecule has 0 aliphatic carbocycles. The van der Waals surface area contributed by atoms with Crippen molar-refractivity contribution in [2.24, 2.45) is 0 Å². The van der Waals surface area contributed by atoms with Gasteiger partial charge in [0.2, 0.25) is 0 Å². The maximum Gasteiger partial charge on any atom is 0.260 e. The van der Waals surface area contributed by atoms with E-state index in [1.54, 1.807) is 18.1 Å². The van der Waals surface area contributed by atoms with Crippen molar-refractivity contribution in [2.75, 3.05) is 39.9 Å². The minimum absolute atomic E-state index is 0.0497. The number of amides is 1. The minimum Gasteiger partial charge on any atom is -0.496 e. The van der Waals surface area contributed by atoms with Crippen molar-refractivity contribution in [1.29, 1.82) is 0 Å². The summed E-state index contributed by atoms with van der Waals surface area (Å²) in [7, 11) is 1.56. The van der Waals surface area contributed by atoms with Crippen LogP contribution in [-0.4, -0.2) is 55.6 Å². The second-order valence-electron chi connectivity index (χ2n) is 6.48. The molecule has 0 atom stereocenters. The molecule has 1 aliphatic rings. The smallest absolute Gasteiger partial charge is 0.260 e. The highest BCUT2D eigenvalue weighted by Gasteiger charge is 2.22. The van der Waals surface area contributed by atoms with Crippen LogP contribution in [0.1, 0.15) is 5.56 Å². The van der Waals surface area contributed by atoms with Crippen molar-refractivity contribution in [1.82, 2.24) is 9.80 Å². The molecule has 0 unspecified atom stereocenters. The third-order valence-corrected chi connectivity index (χ3v) is 4.90. The fourth-order valence-electron chi connectivity index (χ4n) is 3.07. The Kier molecular flexibility index (Phi) is 6.70. The number of piperazine rings is 1. The molecule has 1 aliphatic heterocycles. The van der Waals surface area contributed by atoms with Gasteiger partial charge in [0.05, 0.1) is 12.1 Å². The standard InChI is InChI=1S/C20H21ClF2N2O3/c1-27-19-5-2-15(22)10-14(19)12-24-6-8-25(9-7-24)20(26)13-28-16-3-4-18(23)17(21)11-16/h2-5,10-11H,6-9,12-13H2,1H3. The zero-order valence-electron chi connectivity index (χ0n) is 15.5. The number of hydrogen-bond acceptors (Lipinski definition) is 4. The lowest BCUT2D eigenvalue weighted by Gasteiger charge is -2.34. The molecule has 0 saturated carbocycles. The number of carbonyl (C=O) groups is 1. The lowest BCUT2D eigenvalue weighted by Crippen LogP contribution is -2.49. The molecule has 2 aromatic carbocycles. The summed E-state index contributed by atoms with van der Waals surface area (Å²) < 4.78 is 37.4. The lowest BCUT2D eigenvalue weighted by atomic mass is 10.1. The summed E-state index contributed by atoms with van der Waals surface area (Å²) in [6.45, 7) is 2.82. The first-order chi connectivity index (χ1) is 13.5. The summed E-state index contributed by atoms with van der Waals surface area (Å²) in [6, 6.07) is 8.42. The number of nitrogens with zero attached hydrogens (tertiary/aromatic N) is 2. The van der Waals surface area contributed by atoms with E-state index in [1.165, 1.54) is 30.3 Å². The molecule has 0 spiro atoms. The third-order valence-electron chi connectivity index (χ3n) is 4.61. The fraction of sp³-hybridized carbons (Fsp3) is 0.350. The van der Waals surface area contributed by atoms with Crippen LogP contribution in [0.3, 0.4) is 0 Å². The van der Waals surface area contributed by atoms with Crippen LogP contribution in [0.5, 0.6) is 11.5 Å². The van der Waals surface area contributed by atoms with E-state index in [-0.39, 0.29) is 23.4 Å². The van der Waals surface area contributed by atoms with E-state index in [4.69, 9.17) is 21.1 Å². The number of halogens is 3. The van der Waals surface area contributed by atoms with Crippen LogP contribution in [0.2, 0.25) is 5.02 Å². The number of methoxy groups -OCH3 is 1. The highest BCUT2D eigenvalue weighted by atomic mass is 35.5. The molecule has 1 amide bonds. The third kappa shape index (κ3) is 5.11. The van der Waals surface area contributed by atoms with E-state index >= 15 is 0 Å². The summed E-state index contributed by atoms with van der Waals surface area (Å²) in [5, 5.41) is -0.0497. The zero-order valence-corrected chi connectivity index (χ0v) is 16.2. The zero-order chi connectivity index (χ0) is 20.1. The molecular weight excluding hydrogens is 390 g/mol. The van der Waals surface area contributed by atoms with Gasteiger partial charge in [-0.3, -0.25) is 9.69 Å². The predicted octanol–water partition coefficient (Wildman–Crippen LogP) is 3.35. The van der Waals surface area contributed by atoms with E-state index in [9.17, 15) is 13.6 Å². The van der Waals surface area contributed by atoms with Gasteiger partial charge in [-0.1, -0.05) is 11.6 Å². The Labute approximate surface area is 167 Å². The summed E-state index contributed by atoms with van der Waals surface area (Å²) in [4.78, 5) is 16.2. The van der Waals surface area contributed by atoms with Crippen LogP contribution in [-0.2, 0) is 11.3 Å². The van der Waals surface area contributed by atoms with Crippen molar-refractivity contribution in [3.63, 3.8) is 0 Å². The van der Waals surface area contributed by atoms with Crippen LogP contribution in [0.4, 0.5) is 8.78 Å². The van der Waals surface area contributed by atoms with Gasteiger partial charge < -0.3 is 14.4 Å². The van der Waals surface area contributed by atoms with Crippen LogP contribution in [0.15, 0.2) is 36.4 Å². The summed E-state index contributed by atoms with van der Waals surface area (Å²) in [6.07, 6.45) is 0. The maximum absolute atomic E-state index is 13.5. The van der Waals surface area contributed by atoms with E-state index in [0.29, 0.717) is 44.2 Å². The summed E-state index contributed by atoms with van der Waals surface area (Å²) in [5.41, 5.74) is 0.777. The summed E-state index contributed by atoms with van der Waals surface area (Å²) in [5.74, 6) is 0.000311. The second-order valence-corrected chi connectivity index (χ2v) is 6.88. The Morgan fingerprint density at radius 3 is 2.54 bits per heavy atom. The number of ether oxygens (including phenoxy) is 2. The highest BCUT2D eigenvalue weighted by molar-refractivity contribution is 6.30. The minimum atomic E-state index is -0.536. The first kappa shape index (κ1) is 20.4. The molecule has 1 saturated heterocycles. The molecule has 150 valence electrons. The number of carbonyl (C=O) groups excluding carboxylic acids is 1. The first-order valence-corrected chi connectivity index (χ1v) is 9.24. The van der Waals surface area contributed by atoms with Gasteiger partial charge in [0.25, 0.3) is 5.91 Å². The number of benzene rings is 2. The topological polar surface area (TPSA) is 42.0 Å². The van der Waals surface area contributed by atoms with Crippen molar-refractivity contribution in [3.8, 4) is 11.5 Å². The van der Waals surface area contributed by atoms with Crippen LogP contribution in [0.25, 0.3) is 0 Å². The van der Waals surface area contributed by atoms with Gasteiger partial charge in [-0.2, -0.15) is 0 Å². The van der Waals surface area contributed by atoms with Crippen LogP contribution < -0.4 is 9.47 Å². The molecule has 1 heterocycles. The largest absolute Gasteiger partial charge is 0.496 e. The molecule has 8 heteroatoms. The van der Waals surface area contributed by atoms with Crippen LogP contribution >= 0.6 is 11.6 Å². The van der Waals surface area contributed by atoms with Crippen molar-refractivity contribution in [3.05, 3.63) is 58.6 Å². The molecule has 3 rings (SSSR count).